The molecule has 1 atom stereocenters. The molecule has 0 fully saturated rings. The van der Waals surface area contributed by atoms with E-state index in [0.717, 1.165) is 44.3 Å². The van der Waals surface area contributed by atoms with Crippen LogP contribution >= 0.6 is 0 Å². The summed E-state index contributed by atoms with van der Waals surface area (Å²) in [5.41, 5.74) is 2.48. The van der Waals surface area contributed by atoms with Gasteiger partial charge in [0, 0.05) is 17.4 Å². The number of nitrogens with two attached hydrogens (primary N) is 1. The van der Waals surface area contributed by atoms with Crippen molar-refractivity contribution in [1.29, 1.82) is 0 Å². The summed E-state index contributed by atoms with van der Waals surface area (Å²) < 4.78 is 74.2. The molecule has 1 aliphatic heterocycles. The van der Waals surface area contributed by atoms with Gasteiger partial charge in [-0.05, 0) is 38.1 Å². The molecule has 0 spiro atoms. The molecule has 3 N–H and O–H groups in total. The van der Waals surface area contributed by atoms with Gasteiger partial charge >= 0.3 is 12.5 Å². The van der Waals surface area contributed by atoms with E-state index in [-0.39, 0.29) is 16.1 Å². The van der Waals surface area contributed by atoms with Gasteiger partial charge in [0.05, 0.1) is 0 Å². The predicted octanol–water partition coefficient (Wildman–Crippen LogP) is 3.47. The number of halogens is 5. The number of nitrogens with zero attached hydrogens (tertiary/aromatic N) is 3. The Morgan fingerprint density at radius 2 is 2.00 bits per heavy atom. The van der Waals surface area contributed by atoms with Crippen molar-refractivity contribution in [3.8, 4) is 0 Å². The summed E-state index contributed by atoms with van der Waals surface area (Å²) in [6, 6.07) is 1.47. The number of carbonyl (C=O) groups is 1. The molecule has 7 nitrogen and oxygen atoms in total. The monoisotopic (exact) mass is 417 g/mol. The first kappa shape index (κ1) is 20.6. The lowest BCUT2D eigenvalue weighted by Gasteiger charge is -2.41. The molecule has 1 aromatic carbocycles. The van der Waals surface area contributed by atoms with Gasteiger partial charge in [0.15, 0.2) is 17.3 Å². The van der Waals surface area contributed by atoms with Gasteiger partial charge in [-0.15, -0.1) is 0 Å². The predicted molar refractivity (Wildman–Crippen MR) is 92.3 cm³/mol. The van der Waals surface area contributed by atoms with Crippen molar-refractivity contribution in [1.82, 2.24) is 9.78 Å². The lowest BCUT2D eigenvalue weighted by molar-refractivity contribution is -0.180. The van der Waals surface area contributed by atoms with Crippen molar-refractivity contribution in [2.45, 2.75) is 38.0 Å². The highest BCUT2D eigenvalue weighted by atomic mass is 19.3. The number of alkyl halides is 4. The number of hydrogen-bond donors (Lipinski definition) is 2. The zero-order valence-electron chi connectivity index (χ0n) is 15.2. The number of amidine groups is 1. The first-order valence-electron chi connectivity index (χ1n) is 8.26. The smallest absolute Gasteiger partial charge is 0.333 e. The zero-order valence-corrected chi connectivity index (χ0v) is 15.2. The average molecular weight is 417 g/mol. The summed E-state index contributed by atoms with van der Waals surface area (Å²) in [6.45, 7) is -0.758. The van der Waals surface area contributed by atoms with Gasteiger partial charge in [-0.25, -0.2) is 14.1 Å². The number of ether oxygens (including phenoxy) is 1. The second-order valence-corrected chi connectivity index (χ2v) is 6.75. The zero-order chi connectivity index (χ0) is 21.6. The van der Waals surface area contributed by atoms with Gasteiger partial charge in [-0.3, -0.25) is 4.79 Å². The molecule has 0 radical (unpaired) electrons. The van der Waals surface area contributed by atoms with E-state index in [2.05, 4.69) is 15.4 Å². The fraction of sp³-hybridized carbons (Fsp3) is 0.353. The Balaban J connectivity index is 1.92. The molecule has 1 aromatic heterocycles. The quantitative estimate of drug-likeness (QED) is 0.745. The van der Waals surface area contributed by atoms with Crippen molar-refractivity contribution < 1.29 is 31.5 Å². The maximum absolute atomic E-state index is 14.8. The normalized spacial score (nSPS) is 20.1. The molecule has 12 heteroatoms. The minimum Gasteiger partial charge on any atom is -0.453 e. The van der Waals surface area contributed by atoms with Crippen LogP contribution in [0.3, 0.4) is 0 Å². The van der Waals surface area contributed by atoms with Crippen molar-refractivity contribution in [2.75, 3.05) is 5.32 Å². The van der Waals surface area contributed by atoms with E-state index in [9.17, 15) is 26.7 Å². The Hall–Kier alpha value is -3.18. The second-order valence-electron chi connectivity index (χ2n) is 6.75. The molecule has 3 rings (SSSR count). The van der Waals surface area contributed by atoms with Crippen LogP contribution in [0, 0.1) is 5.82 Å². The highest BCUT2D eigenvalue weighted by Crippen LogP contribution is 2.47. The third kappa shape index (κ3) is 3.74. The fourth-order valence-electron chi connectivity index (χ4n) is 2.75. The van der Waals surface area contributed by atoms with Crippen molar-refractivity contribution in [3.05, 3.63) is 47.5 Å². The standard InChI is InChI=1S/C17H16F5N5O2/c1-16(2)17(21,22)12(25-15(23)29-16)9-7-8(3-4-10(9)18)24-13(28)11-5-6-27(26-11)14(19)20/h3-7,12,14H,1-2H3,(H2,23,25)(H,24,28). The molecule has 29 heavy (non-hydrogen) atoms. The minimum atomic E-state index is -3.63. The number of rotatable bonds is 4. The first-order chi connectivity index (χ1) is 13.4. The van der Waals surface area contributed by atoms with Crippen LogP contribution < -0.4 is 11.1 Å². The van der Waals surface area contributed by atoms with Gasteiger partial charge in [0.1, 0.15) is 5.82 Å². The van der Waals surface area contributed by atoms with E-state index in [1.54, 1.807) is 0 Å². The number of benzene rings is 1. The average Bonchev–Trinajstić information content (AvgIpc) is 3.10. The van der Waals surface area contributed by atoms with Crippen LogP contribution in [-0.4, -0.2) is 33.2 Å². The van der Waals surface area contributed by atoms with Gasteiger partial charge in [-0.1, -0.05) is 0 Å². The number of carbonyl (C=O) groups excluding carboxylic acids is 1. The summed E-state index contributed by atoms with van der Waals surface area (Å²) in [6.07, 6.45) is 0.901. The number of hydrogen-bond acceptors (Lipinski definition) is 5. The molecule has 2 aromatic rings. The summed E-state index contributed by atoms with van der Waals surface area (Å²) in [4.78, 5) is 15.7. The second kappa shape index (κ2) is 7.01. The fourth-order valence-corrected chi connectivity index (χ4v) is 2.75. The minimum absolute atomic E-state index is 0.0631. The highest BCUT2D eigenvalue weighted by molar-refractivity contribution is 6.02. The molecule has 0 bridgehead atoms. The molecular formula is C17H16F5N5O2. The van der Waals surface area contributed by atoms with Crippen LogP contribution in [0.5, 0.6) is 0 Å². The van der Waals surface area contributed by atoms with E-state index in [4.69, 9.17) is 10.5 Å². The first-order valence-corrected chi connectivity index (χ1v) is 8.26. The number of aromatic nitrogens is 2. The van der Waals surface area contributed by atoms with Gasteiger partial charge in [-0.2, -0.15) is 22.7 Å². The SMILES string of the molecule is CC1(C)OC(N)=NC(c2cc(NC(=O)c3ccn(C(F)F)n3)ccc2F)C1(F)F. The summed E-state index contributed by atoms with van der Waals surface area (Å²) in [7, 11) is 0. The van der Waals surface area contributed by atoms with Crippen LogP contribution in [0.1, 0.15) is 42.5 Å². The number of anilines is 1. The Morgan fingerprint density at radius 3 is 2.62 bits per heavy atom. The lowest BCUT2D eigenvalue weighted by Crippen LogP contribution is -2.54. The van der Waals surface area contributed by atoms with Gasteiger partial charge in [0.25, 0.3) is 11.9 Å². The maximum atomic E-state index is 14.8. The third-order valence-corrected chi connectivity index (χ3v) is 4.35. The van der Waals surface area contributed by atoms with E-state index < -0.39 is 47.4 Å². The third-order valence-electron chi connectivity index (χ3n) is 4.35. The van der Waals surface area contributed by atoms with E-state index >= 15 is 0 Å². The van der Waals surface area contributed by atoms with Crippen LogP contribution in [0.2, 0.25) is 0 Å². The van der Waals surface area contributed by atoms with Crippen molar-refractivity contribution in [3.63, 3.8) is 0 Å². The molecule has 1 unspecified atom stereocenters. The number of aliphatic imine (C=N–C) groups is 1. The van der Waals surface area contributed by atoms with E-state index in [1.807, 2.05) is 0 Å². The molecule has 156 valence electrons. The molecular weight excluding hydrogens is 401 g/mol. The van der Waals surface area contributed by atoms with Crippen LogP contribution in [-0.2, 0) is 4.74 Å². The van der Waals surface area contributed by atoms with Gasteiger partial charge in [0.2, 0.25) is 0 Å². The summed E-state index contributed by atoms with van der Waals surface area (Å²) in [5.74, 6) is -5.51. The topological polar surface area (TPSA) is 94.5 Å². The van der Waals surface area contributed by atoms with E-state index in [0.29, 0.717) is 0 Å². The van der Waals surface area contributed by atoms with Gasteiger partial charge < -0.3 is 15.8 Å². The van der Waals surface area contributed by atoms with E-state index in [1.165, 1.54) is 0 Å². The van der Waals surface area contributed by atoms with Crippen LogP contribution in [0.25, 0.3) is 0 Å². The highest BCUT2D eigenvalue weighted by Gasteiger charge is 2.59. The summed E-state index contributed by atoms with van der Waals surface area (Å²) >= 11 is 0. The van der Waals surface area contributed by atoms with Crippen LogP contribution in [0.15, 0.2) is 35.5 Å². The largest absolute Gasteiger partial charge is 0.453 e. The molecule has 0 saturated heterocycles. The van der Waals surface area contributed by atoms with Crippen molar-refractivity contribution >= 4 is 17.6 Å². The molecule has 2 heterocycles. The Morgan fingerprint density at radius 1 is 1.31 bits per heavy atom. The summed E-state index contributed by atoms with van der Waals surface area (Å²) in [5, 5.41) is 5.69. The van der Waals surface area contributed by atoms with Crippen molar-refractivity contribution in [2.24, 2.45) is 10.7 Å². The Kier molecular flexibility index (Phi) is 4.97. The Bertz CT molecular complexity index is 973. The Labute approximate surface area is 161 Å². The lowest BCUT2D eigenvalue weighted by atomic mass is 9.88. The molecule has 1 amide bonds. The molecule has 0 saturated carbocycles. The number of nitrogens with one attached hydrogen (secondary N) is 1. The molecule has 0 aliphatic carbocycles. The molecule has 1 aliphatic rings. The number of amides is 1. The maximum Gasteiger partial charge on any atom is 0.333 e. The van der Waals surface area contributed by atoms with Crippen LogP contribution in [0.4, 0.5) is 27.6 Å².